The van der Waals surface area contributed by atoms with E-state index in [1.54, 1.807) is 12.4 Å². The Morgan fingerprint density at radius 1 is 1.05 bits per heavy atom. The van der Waals surface area contributed by atoms with Gasteiger partial charge in [-0.2, -0.15) is 0 Å². The molecule has 1 aliphatic heterocycles. The topological polar surface area (TPSA) is 64.0 Å². The molecule has 0 radical (unpaired) electrons. The molecule has 0 unspecified atom stereocenters. The fourth-order valence-corrected chi connectivity index (χ4v) is 2.72. The average molecular weight is 289 g/mol. The van der Waals surface area contributed by atoms with E-state index in [0.29, 0.717) is 5.57 Å². The van der Waals surface area contributed by atoms with E-state index in [1.165, 1.54) is 6.08 Å². The lowest BCUT2D eigenvalue weighted by Crippen LogP contribution is -2.21. The highest BCUT2D eigenvalue weighted by atomic mass is 16.2. The molecule has 106 valence electrons. The molecule has 1 N–H and O–H groups in total. The normalized spacial score (nSPS) is 14.3. The molecule has 3 heterocycles. The predicted octanol–water partition coefficient (Wildman–Crippen LogP) is 2.07. The van der Waals surface area contributed by atoms with E-state index >= 15 is 0 Å². The van der Waals surface area contributed by atoms with E-state index in [-0.39, 0.29) is 11.8 Å². The monoisotopic (exact) mass is 289 g/mol. The Bertz CT molecular complexity index is 939. The first-order chi connectivity index (χ1) is 10.7. The zero-order valence-corrected chi connectivity index (χ0v) is 11.5. The van der Waals surface area contributed by atoms with Crippen LogP contribution in [-0.2, 0) is 9.59 Å². The van der Waals surface area contributed by atoms with Gasteiger partial charge in [0, 0.05) is 29.4 Å². The second kappa shape index (κ2) is 4.66. The number of nitrogens with zero attached hydrogens (tertiary/aromatic N) is 2. The summed E-state index contributed by atoms with van der Waals surface area (Å²) >= 11 is 0. The highest BCUT2D eigenvalue weighted by Gasteiger charge is 2.25. The van der Waals surface area contributed by atoms with Gasteiger partial charge in [-0.25, -0.2) is 0 Å². The van der Waals surface area contributed by atoms with Gasteiger partial charge in [0.05, 0.1) is 23.0 Å². The van der Waals surface area contributed by atoms with Crippen molar-refractivity contribution in [2.24, 2.45) is 0 Å². The predicted molar refractivity (Wildman–Crippen MR) is 82.2 cm³/mol. The number of carbonyl (C=O) groups is 2. The van der Waals surface area contributed by atoms with Crippen LogP contribution in [0.5, 0.6) is 0 Å². The standard InChI is InChI=1S/C17H11N3O2/c21-16-8-13(17(22)19-16)14-10-20(11-4-3-7-18-9-11)15-6-2-1-5-12(14)15/h1-10H,(H,19,21,22). The number of nitrogens with one attached hydrogen (secondary N) is 1. The van der Waals surface area contributed by atoms with Crippen LogP contribution in [0.15, 0.2) is 61.1 Å². The second-order valence-corrected chi connectivity index (χ2v) is 5.02. The van der Waals surface area contributed by atoms with Gasteiger partial charge in [-0.3, -0.25) is 19.9 Å². The summed E-state index contributed by atoms with van der Waals surface area (Å²) in [6.07, 6.45) is 6.68. The second-order valence-electron chi connectivity index (χ2n) is 5.02. The lowest BCUT2D eigenvalue weighted by molar-refractivity contribution is -0.123. The summed E-state index contributed by atoms with van der Waals surface area (Å²) in [6, 6.07) is 11.6. The molecule has 2 amide bonds. The number of hydrogen-bond donors (Lipinski definition) is 1. The number of aromatic nitrogens is 2. The lowest BCUT2D eigenvalue weighted by Gasteiger charge is -2.03. The third kappa shape index (κ3) is 1.83. The number of rotatable bonds is 2. The SMILES string of the molecule is O=C1C=C(c2cn(-c3cccnc3)c3ccccc23)C(=O)N1. The molecular formula is C17H11N3O2. The minimum atomic E-state index is -0.377. The molecular weight excluding hydrogens is 278 g/mol. The van der Waals surface area contributed by atoms with E-state index in [4.69, 9.17) is 0 Å². The van der Waals surface area contributed by atoms with Crippen molar-refractivity contribution in [1.82, 2.24) is 14.9 Å². The van der Waals surface area contributed by atoms with Crippen molar-refractivity contribution < 1.29 is 9.59 Å². The van der Waals surface area contributed by atoms with Crippen molar-refractivity contribution in [3.63, 3.8) is 0 Å². The Morgan fingerprint density at radius 3 is 2.64 bits per heavy atom. The van der Waals surface area contributed by atoms with Gasteiger partial charge in [-0.15, -0.1) is 0 Å². The lowest BCUT2D eigenvalue weighted by atomic mass is 10.1. The molecule has 4 rings (SSSR count). The molecule has 5 heteroatoms. The molecule has 0 fully saturated rings. The summed E-state index contributed by atoms with van der Waals surface area (Å²) in [7, 11) is 0. The van der Waals surface area contributed by atoms with Gasteiger partial charge in [0.1, 0.15) is 0 Å². The summed E-state index contributed by atoms with van der Waals surface area (Å²) < 4.78 is 1.97. The van der Waals surface area contributed by atoms with Crippen molar-refractivity contribution in [2.75, 3.05) is 0 Å². The quantitative estimate of drug-likeness (QED) is 0.734. The van der Waals surface area contributed by atoms with Crippen LogP contribution in [0.2, 0.25) is 0 Å². The van der Waals surface area contributed by atoms with Crippen molar-refractivity contribution in [3.05, 3.63) is 66.6 Å². The molecule has 0 bridgehead atoms. The van der Waals surface area contributed by atoms with Crippen molar-refractivity contribution >= 4 is 28.3 Å². The van der Waals surface area contributed by atoms with E-state index < -0.39 is 0 Å². The molecule has 0 atom stereocenters. The van der Waals surface area contributed by atoms with E-state index in [9.17, 15) is 9.59 Å². The number of pyridine rings is 1. The molecule has 22 heavy (non-hydrogen) atoms. The maximum atomic E-state index is 12.0. The van der Waals surface area contributed by atoms with Gasteiger partial charge in [0.15, 0.2) is 0 Å². The highest BCUT2D eigenvalue weighted by Crippen LogP contribution is 2.30. The van der Waals surface area contributed by atoms with Crippen molar-refractivity contribution in [2.45, 2.75) is 0 Å². The van der Waals surface area contributed by atoms with Crippen LogP contribution in [-0.4, -0.2) is 21.4 Å². The molecule has 3 aromatic rings. The van der Waals surface area contributed by atoms with Crippen LogP contribution in [0.1, 0.15) is 5.56 Å². The largest absolute Gasteiger partial charge is 0.314 e. The van der Waals surface area contributed by atoms with Gasteiger partial charge < -0.3 is 4.57 Å². The smallest absolute Gasteiger partial charge is 0.258 e. The Hall–Kier alpha value is -3.21. The molecule has 1 aromatic carbocycles. The average Bonchev–Trinajstić information content (AvgIpc) is 3.08. The third-order valence-electron chi connectivity index (χ3n) is 3.68. The van der Waals surface area contributed by atoms with Crippen LogP contribution in [0, 0.1) is 0 Å². The molecule has 0 saturated heterocycles. The zero-order valence-electron chi connectivity index (χ0n) is 11.5. The summed E-state index contributed by atoms with van der Waals surface area (Å²) in [4.78, 5) is 27.5. The Labute approximate surface area is 125 Å². The number of amides is 2. The van der Waals surface area contributed by atoms with Crippen LogP contribution in [0.25, 0.3) is 22.2 Å². The van der Waals surface area contributed by atoms with Crippen LogP contribution in [0.4, 0.5) is 0 Å². The van der Waals surface area contributed by atoms with Gasteiger partial charge in [-0.05, 0) is 18.2 Å². The van der Waals surface area contributed by atoms with Crippen LogP contribution < -0.4 is 5.32 Å². The molecule has 0 spiro atoms. The van der Waals surface area contributed by atoms with Crippen molar-refractivity contribution in [1.29, 1.82) is 0 Å². The Balaban J connectivity index is 2.00. The fraction of sp³-hybridized carbons (Fsp3) is 0. The Kier molecular flexibility index (Phi) is 2.66. The maximum Gasteiger partial charge on any atom is 0.258 e. The molecule has 0 saturated carbocycles. The van der Waals surface area contributed by atoms with Gasteiger partial charge in [0.25, 0.3) is 11.8 Å². The first-order valence-corrected chi connectivity index (χ1v) is 6.82. The van der Waals surface area contributed by atoms with Gasteiger partial charge >= 0.3 is 0 Å². The number of hydrogen-bond acceptors (Lipinski definition) is 3. The third-order valence-corrected chi connectivity index (χ3v) is 3.68. The molecule has 5 nitrogen and oxygen atoms in total. The summed E-state index contributed by atoms with van der Waals surface area (Å²) in [5.41, 5.74) is 2.99. The van der Waals surface area contributed by atoms with Gasteiger partial charge in [-0.1, -0.05) is 18.2 Å². The van der Waals surface area contributed by atoms with E-state index in [2.05, 4.69) is 10.3 Å². The number of imide groups is 1. The summed E-state index contributed by atoms with van der Waals surface area (Å²) in [5.74, 6) is -0.739. The first kappa shape index (κ1) is 12.5. The number of para-hydroxylation sites is 1. The fourth-order valence-electron chi connectivity index (χ4n) is 2.72. The minimum absolute atomic E-state index is 0.362. The molecule has 0 aliphatic carbocycles. The van der Waals surface area contributed by atoms with Crippen LogP contribution >= 0.6 is 0 Å². The summed E-state index contributed by atoms with van der Waals surface area (Å²) in [6.45, 7) is 0. The van der Waals surface area contributed by atoms with Crippen molar-refractivity contribution in [3.8, 4) is 5.69 Å². The highest BCUT2D eigenvalue weighted by molar-refractivity contribution is 6.35. The maximum absolute atomic E-state index is 12.0. The number of benzene rings is 1. The number of carbonyl (C=O) groups excluding carboxylic acids is 2. The zero-order chi connectivity index (χ0) is 15.1. The van der Waals surface area contributed by atoms with E-state index in [1.807, 2.05) is 47.2 Å². The summed E-state index contributed by atoms with van der Waals surface area (Å²) in [5, 5.41) is 3.21. The van der Waals surface area contributed by atoms with E-state index in [0.717, 1.165) is 22.2 Å². The first-order valence-electron chi connectivity index (χ1n) is 6.82. The molecule has 2 aromatic heterocycles. The molecule has 1 aliphatic rings. The minimum Gasteiger partial charge on any atom is -0.314 e. The number of fused-ring (bicyclic) bond motifs is 1. The van der Waals surface area contributed by atoms with Crippen LogP contribution in [0.3, 0.4) is 0 Å². The Morgan fingerprint density at radius 2 is 1.91 bits per heavy atom. The van der Waals surface area contributed by atoms with Gasteiger partial charge in [0.2, 0.25) is 0 Å².